The van der Waals surface area contributed by atoms with Gasteiger partial charge in [-0.2, -0.15) is 13.2 Å². The van der Waals surface area contributed by atoms with Crippen LogP contribution < -0.4 is 5.73 Å². The highest BCUT2D eigenvalue weighted by atomic mass is 32.1. The third kappa shape index (κ3) is 2.48. The predicted octanol–water partition coefficient (Wildman–Crippen LogP) is 3.78. The van der Waals surface area contributed by atoms with Crippen molar-refractivity contribution in [3.8, 4) is 0 Å². The van der Waals surface area contributed by atoms with E-state index < -0.39 is 11.7 Å². The van der Waals surface area contributed by atoms with Gasteiger partial charge in [0.2, 0.25) is 0 Å². The number of hydrogen-bond donors (Lipinski definition) is 1. The molecule has 1 saturated heterocycles. The Balaban J connectivity index is 2.01. The Morgan fingerprint density at radius 2 is 2.00 bits per heavy atom. The minimum atomic E-state index is -4.33. The van der Waals surface area contributed by atoms with Crippen LogP contribution in [0.3, 0.4) is 0 Å². The van der Waals surface area contributed by atoms with Crippen molar-refractivity contribution in [2.45, 2.75) is 31.1 Å². The fraction of sp³-hybridized carbons (Fsp3) is 0.400. The molecule has 1 aliphatic heterocycles. The van der Waals surface area contributed by atoms with E-state index in [-0.39, 0.29) is 13.0 Å². The van der Waals surface area contributed by atoms with Crippen LogP contribution >= 0.6 is 11.3 Å². The average molecular weight is 327 g/mol. The van der Waals surface area contributed by atoms with E-state index in [0.717, 1.165) is 4.88 Å². The number of rotatable bonds is 3. The fourth-order valence-corrected chi connectivity index (χ4v) is 3.90. The van der Waals surface area contributed by atoms with Crippen LogP contribution in [0.25, 0.3) is 0 Å². The van der Waals surface area contributed by atoms with Crippen LogP contribution in [0.15, 0.2) is 36.5 Å². The van der Waals surface area contributed by atoms with Crippen LogP contribution in [-0.4, -0.2) is 22.6 Å². The summed E-state index contributed by atoms with van der Waals surface area (Å²) in [5, 5.41) is 0.381. The van der Waals surface area contributed by atoms with Gasteiger partial charge in [-0.05, 0) is 24.9 Å². The van der Waals surface area contributed by atoms with Gasteiger partial charge in [0.15, 0.2) is 5.13 Å². The molecule has 2 N–H and O–H groups in total. The van der Waals surface area contributed by atoms with E-state index in [2.05, 4.69) is 4.98 Å². The number of nitrogen functional groups attached to an aromatic ring is 1. The summed E-state index contributed by atoms with van der Waals surface area (Å²) in [6, 6.07) is 8.17. The number of benzene rings is 1. The van der Waals surface area contributed by atoms with Crippen LogP contribution in [0.2, 0.25) is 0 Å². The van der Waals surface area contributed by atoms with Crippen molar-refractivity contribution in [1.29, 1.82) is 0 Å². The zero-order chi connectivity index (χ0) is 15.8. The van der Waals surface area contributed by atoms with Crippen LogP contribution in [0, 0.1) is 0 Å². The number of hydrogen-bond acceptors (Lipinski definition) is 4. The van der Waals surface area contributed by atoms with Gasteiger partial charge in [0.25, 0.3) is 0 Å². The molecule has 118 valence electrons. The topological polar surface area (TPSA) is 42.1 Å². The minimum absolute atomic E-state index is 0.0782. The molecule has 0 bridgehead atoms. The summed E-state index contributed by atoms with van der Waals surface area (Å²) in [5.41, 5.74) is 3.96. The van der Waals surface area contributed by atoms with Crippen molar-refractivity contribution in [2.75, 3.05) is 12.3 Å². The van der Waals surface area contributed by atoms with E-state index >= 15 is 0 Å². The lowest BCUT2D eigenvalue weighted by atomic mass is 9.86. The maximum Gasteiger partial charge on any atom is 0.411 e. The number of aromatic nitrogens is 1. The van der Waals surface area contributed by atoms with Crippen molar-refractivity contribution in [3.05, 3.63) is 47.0 Å². The molecule has 0 amide bonds. The van der Waals surface area contributed by atoms with Crippen molar-refractivity contribution >= 4 is 16.5 Å². The molecular weight excluding hydrogens is 311 g/mol. The third-order valence-electron chi connectivity index (χ3n) is 4.14. The molecule has 7 heteroatoms. The Morgan fingerprint density at radius 3 is 2.59 bits per heavy atom. The second kappa shape index (κ2) is 5.55. The number of likely N-dealkylation sites (tertiary alicyclic amines) is 1. The standard InChI is InChI=1S/C15H16F3N3S/c16-15(17,18)14(11-5-2-1-3-6-11)7-4-8-21(14)10-12-9-20-13(19)22-12/h1-3,5-6,9H,4,7-8,10H2,(H2,19,20). The Hall–Kier alpha value is -1.60. The first kappa shape index (κ1) is 15.3. The van der Waals surface area contributed by atoms with Gasteiger partial charge in [0.1, 0.15) is 5.54 Å². The summed E-state index contributed by atoms with van der Waals surface area (Å²) >= 11 is 1.24. The summed E-state index contributed by atoms with van der Waals surface area (Å²) < 4.78 is 41.9. The van der Waals surface area contributed by atoms with E-state index in [1.807, 2.05) is 0 Å². The summed E-state index contributed by atoms with van der Waals surface area (Å²) in [6.07, 6.45) is -2.18. The molecule has 2 aromatic rings. The number of halogens is 3. The van der Waals surface area contributed by atoms with Gasteiger partial charge in [-0.3, -0.25) is 4.90 Å². The number of alkyl halides is 3. The molecule has 1 aliphatic rings. The molecule has 1 atom stereocenters. The molecule has 1 aromatic carbocycles. The SMILES string of the molecule is Nc1ncc(CN2CCCC2(c2ccccc2)C(F)(F)F)s1. The third-order valence-corrected chi connectivity index (χ3v) is 4.96. The molecule has 0 spiro atoms. The number of anilines is 1. The second-order valence-corrected chi connectivity index (χ2v) is 6.56. The van der Waals surface area contributed by atoms with E-state index in [0.29, 0.717) is 23.7 Å². The van der Waals surface area contributed by atoms with Gasteiger partial charge < -0.3 is 5.73 Å². The van der Waals surface area contributed by atoms with E-state index in [1.165, 1.54) is 16.2 Å². The Kier molecular flexibility index (Phi) is 3.86. The molecular formula is C15H16F3N3S. The van der Waals surface area contributed by atoms with E-state index in [4.69, 9.17) is 5.73 Å². The van der Waals surface area contributed by atoms with Gasteiger partial charge >= 0.3 is 6.18 Å². The molecule has 3 rings (SSSR count). The van der Waals surface area contributed by atoms with Crippen molar-refractivity contribution in [2.24, 2.45) is 0 Å². The average Bonchev–Trinajstić information content (AvgIpc) is 3.07. The first-order valence-corrected chi connectivity index (χ1v) is 7.82. The number of thiazole rings is 1. The van der Waals surface area contributed by atoms with Crippen molar-refractivity contribution in [1.82, 2.24) is 9.88 Å². The predicted molar refractivity (Wildman–Crippen MR) is 80.3 cm³/mol. The summed E-state index contributed by atoms with van der Waals surface area (Å²) in [7, 11) is 0. The van der Waals surface area contributed by atoms with Gasteiger partial charge in [0, 0.05) is 17.6 Å². The van der Waals surface area contributed by atoms with Crippen LogP contribution in [-0.2, 0) is 12.1 Å². The minimum Gasteiger partial charge on any atom is -0.375 e. The Labute approximate surface area is 130 Å². The number of nitrogens with zero attached hydrogens (tertiary/aromatic N) is 2. The molecule has 3 nitrogen and oxygen atoms in total. The molecule has 1 aromatic heterocycles. The van der Waals surface area contributed by atoms with Gasteiger partial charge in [-0.25, -0.2) is 4.98 Å². The zero-order valence-corrected chi connectivity index (χ0v) is 12.6. The van der Waals surface area contributed by atoms with Crippen LogP contribution in [0.5, 0.6) is 0 Å². The summed E-state index contributed by atoms with van der Waals surface area (Å²) in [6.45, 7) is 0.621. The lowest BCUT2D eigenvalue weighted by molar-refractivity contribution is -0.230. The fourth-order valence-electron chi connectivity index (χ4n) is 3.20. The molecule has 0 radical (unpaired) electrons. The molecule has 22 heavy (non-hydrogen) atoms. The second-order valence-electron chi connectivity index (χ2n) is 5.41. The molecule has 0 aliphatic carbocycles. The Morgan fingerprint density at radius 1 is 1.27 bits per heavy atom. The van der Waals surface area contributed by atoms with Gasteiger partial charge in [-0.1, -0.05) is 30.3 Å². The largest absolute Gasteiger partial charge is 0.411 e. The molecule has 0 saturated carbocycles. The van der Waals surface area contributed by atoms with E-state index in [9.17, 15) is 13.2 Å². The highest BCUT2D eigenvalue weighted by molar-refractivity contribution is 7.15. The highest BCUT2D eigenvalue weighted by Crippen LogP contribution is 2.51. The first-order valence-electron chi connectivity index (χ1n) is 7.01. The van der Waals surface area contributed by atoms with E-state index in [1.54, 1.807) is 36.5 Å². The molecule has 2 heterocycles. The monoisotopic (exact) mass is 327 g/mol. The lowest BCUT2D eigenvalue weighted by Crippen LogP contribution is -2.52. The molecule has 1 fully saturated rings. The molecule has 1 unspecified atom stereocenters. The number of nitrogens with two attached hydrogens (primary N) is 1. The lowest BCUT2D eigenvalue weighted by Gasteiger charge is -2.40. The summed E-state index contributed by atoms with van der Waals surface area (Å²) in [5.74, 6) is 0. The maximum absolute atomic E-state index is 14.0. The maximum atomic E-state index is 14.0. The van der Waals surface area contributed by atoms with Crippen LogP contribution in [0.1, 0.15) is 23.3 Å². The normalized spacial score (nSPS) is 23.0. The zero-order valence-electron chi connectivity index (χ0n) is 11.8. The van der Waals surface area contributed by atoms with Crippen molar-refractivity contribution < 1.29 is 13.2 Å². The quantitative estimate of drug-likeness (QED) is 0.933. The Bertz CT molecular complexity index is 641. The summed E-state index contributed by atoms with van der Waals surface area (Å²) in [4.78, 5) is 6.19. The van der Waals surface area contributed by atoms with Gasteiger partial charge in [0.05, 0.1) is 0 Å². The van der Waals surface area contributed by atoms with Crippen LogP contribution in [0.4, 0.5) is 18.3 Å². The van der Waals surface area contributed by atoms with Gasteiger partial charge in [-0.15, -0.1) is 11.3 Å². The first-order chi connectivity index (χ1) is 10.4. The smallest absolute Gasteiger partial charge is 0.375 e. The van der Waals surface area contributed by atoms with Crippen molar-refractivity contribution in [3.63, 3.8) is 0 Å². The highest BCUT2D eigenvalue weighted by Gasteiger charge is 2.61.